The zero-order chi connectivity index (χ0) is 19.8. The van der Waals surface area contributed by atoms with Gasteiger partial charge in [0, 0.05) is 4.88 Å². The Hall–Kier alpha value is -2.87. The van der Waals surface area contributed by atoms with E-state index in [2.05, 4.69) is 5.32 Å². The summed E-state index contributed by atoms with van der Waals surface area (Å²) < 4.78 is 15.0. The topological polar surface area (TPSA) is 90.9 Å². The number of aryl methyl sites for hydroxylation is 1. The average molecular weight is 391 g/mol. The number of anilines is 1. The number of carbonyl (C=O) groups excluding carboxylic acids is 3. The first-order valence-corrected chi connectivity index (χ1v) is 9.21. The first kappa shape index (κ1) is 20.4. The van der Waals surface area contributed by atoms with Crippen LogP contribution < -0.4 is 10.1 Å². The van der Waals surface area contributed by atoms with Gasteiger partial charge in [-0.3, -0.25) is 4.79 Å². The fourth-order valence-corrected chi connectivity index (χ4v) is 3.17. The van der Waals surface area contributed by atoms with Crippen molar-refractivity contribution in [3.63, 3.8) is 0 Å². The third-order valence-electron chi connectivity index (χ3n) is 3.54. The normalized spacial score (nSPS) is 10.2. The van der Waals surface area contributed by atoms with Crippen LogP contribution in [-0.2, 0) is 20.7 Å². The number of esters is 2. The molecule has 0 aliphatic heterocycles. The molecule has 1 aromatic heterocycles. The fraction of sp³-hybridized carbons (Fsp3) is 0.316. The van der Waals surface area contributed by atoms with Crippen molar-refractivity contribution in [3.8, 4) is 5.75 Å². The van der Waals surface area contributed by atoms with Crippen molar-refractivity contribution in [1.82, 2.24) is 0 Å². The molecular formula is C19H21NO6S. The Morgan fingerprint density at radius 1 is 1.04 bits per heavy atom. The quantitative estimate of drug-likeness (QED) is 0.695. The summed E-state index contributed by atoms with van der Waals surface area (Å²) in [5, 5.41) is 3.00. The molecule has 27 heavy (non-hydrogen) atoms. The molecule has 1 N–H and O–H groups in total. The number of methoxy groups -OCH3 is 1. The summed E-state index contributed by atoms with van der Waals surface area (Å²) in [5.74, 6) is -1.05. The van der Waals surface area contributed by atoms with Gasteiger partial charge in [0.25, 0.3) is 5.91 Å². The molecule has 0 aliphatic rings. The van der Waals surface area contributed by atoms with Crippen molar-refractivity contribution in [1.29, 1.82) is 0 Å². The first-order chi connectivity index (χ1) is 13.0. The summed E-state index contributed by atoms with van der Waals surface area (Å²) in [6.45, 7) is 3.43. The Morgan fingerprint density at radius 3 is 2.33 bits per heavy atom. The van der Waals surface area contributed by atoms with Gasteiger partial charge in [-0.25, -0.2) is 9.59 Å². The lowest BCUT2D eigenvalue weighted by Gasteiger charge is -2.07. The molecule has 144 valence electrons. The van der Waals surface area contributed by atoms with E-state index in [0.717, 1.165) is 11.3 Å². The van der Waals surface area contributed by atoms with Gasteiger partial charge in [0.2, 0.25) is 0 Å². The number of benzene rings is 1. The van der Waals surface area contributed by atoms with Crippen LogP contribution in [0.4, 0.5) is 5.00 Å². The Kier molecular flexibility index (Phi) is 7.36. The van der Waals surface area contributed by atoms with Crippen molar-refractivity contribution >= 4 is 34.2 Å². The number of thiophene rings is 1. The molecule has 0 fully saturated rings. The molecule has 7 nitrogen and oxygen atoms in total. The Bertz CT molecular complexity index is 812. The number of ether oxygens (including phenoxy) is 3. The molecule has 1 aromatic carbocycles. The summed E-state index contributed by atoms with van der Waals surface area (Å²) in [6.07, 6.45) is 0.722. The smallest absolute Gasteiger partial charge is 0.341 e. The standard InChI is InChI=1S/C19H21NO6S/c1-4-14-10-15(19(23)25-5-2)17(27-14)20-16(21)11-26-18(22)12-6-8-13(24-3)9-7-12/h6-10H,4-5,11H2,1-3H3,(H,20,21). The molecule has 8 heteroatoms. The second kappa shape index (κ2) is 9.72. The molecule has 0 unspecified atom stereocenters. The average Bonchev–Trinajstić information content (AvgIpc) is 3.09. The predicted octanol–water partition coefficient (Wildman–Crippen LogP) is 3.29. The number of rotatable bonds is 8. The summed E-state index contributed by atoms with van der Waals surface area (Å²) >= 11 is 1.29. The van der Waals surface area contributed by atoms with Crippen LogP contribution >= 0.6 is 11.3 Å². The lowest BCUT2D eigenvalue weighted by molar-refractivity contribution is -0.119. The molecule has 0 radical (unpaired) electrons. The molecule has 0 spiro atoms. The minimum absolute atomic E-state index is 0.239. The van der Waals surface area contributed by atoms with Gasteiger partial charge in [-0.1, -0.05) is 6.92 Å². The van der Waals surface area contributed by atoms with E-state index in [1.807, 2.05) is 6.92 Å². The van der Waals surface area contributed by atoms with E-state index in [0.29, 0.717) is 21.9 Å². The maximum absolute atomic E-state index is 12.1. The minimum Gasteiger partial charge on any atom is -0.497 e. The maximum Gasteiger partial charge on any atom is 0.341 e. The van der Waals surface area contributed by atoms with Gasteiger partial charge in [0.1, 0.15) is 10.8 Å². The van der Waals surface area contributed by atoms with Crippen LogP contribution in [0.1, 0.15) is 39.4 Å². The molecule has 0 aliphatic carbocycles. The molecule has 0 bridgehead atoms. The molecule has 1 amide bonds. The van der Waals surface area contributed by atoms with E-state index in [1.165, 1.54) is 18.4 Å². The van der Waals surface area contributed by atoms with Gasteiger partial charge in [0.15, 0.2) is 6.61 Å². The number of carbonyl (C=O) groups is 3. The number of amides is 1. The molecule has 1 heterocycles. The summed E-state index contributed by atoms with van der Waals surface area (Å²) in [5.41, 5.74) is 0.605. The molecule has 0 saturated heterocycles. The van der Waals surface area contributed by atoms with Crippen molar-refractivity contribution < 1.29 is 28.6 Å². The third-order valence-corrected chi connectivity index (χ3v) is 4.73. The number of hydrogen-bond acceptors (Lipinski definition) is 7. The van der Waals surface area contributed by atoms with Gasteiger partial charge in [-0.05, 0) is 43.7 Å². The third kappa shape index (κ3) is 5.55. The highest BCUT2D eigenvalue weighted by atomic mass is 32.1. The lowest BCUT2D eigenvalue weighted by atomic mass is 10.2. The van der Waals surface area contributed by atoms with Crippen LogP contribution in [0.5, 0.6) is 5.75 Å². The molecule has 2 rings (SSSR count). The Morgan fingerprint density at radius 2 is 1.74 bits per heavy atom. The molecule has 2 aromatic rings. The van der Waals surface area contributed by atoms with Crippen molar-refractivity contribution in [3.05, 3.63) is 46.3 Å². The monoisotopic (exact) mass is 391 g/mol. The van der Waals surface area contributed by atoms with Crippen molar-refractivity contribution in [2.75, 3.05) is 25.6 Å². The van der Waals surface area contributed by atoms with Crippen LogP contribution in [-0.4, -0.2) is 38.2 Å². The molecular weight excluding hydrogens is 370 g/mol. The van der Waals surface area contributed by atoms with Crippen molar-refractivity contribution in [2.45, 2.75) is 20.3 Å². The van der Waals surface area contributed by atoms with Gasteiger partial charge in [-0.15, -0.1) is 11.3 Å². The SMILES string of the molecule is CCOC(=O)c1cc(CC)sc1NC(=O)COC(=O)c1ccc(OC)cc1. The highest BCUT2D eigenvalue weighted by Crippen LogP contribution is 2.29. The van der Waals surface area contributed by atoms with Crippen molar-refractivity contribution in [2.24, 2.45) is 0 Å². The van der Waals surface area contributed by atoms with E-state index >= 15 is 0 Å². The van der Waals surface area contributed by atoms with Crippen LogP contribution in [0, 0.1) is 0 Å². The summed E-state index contributed by atoms with van der Waals surface area (Å²) in [4.78, 5) is 37.1. The van der Waals surface area contributed by atoms with Gasteiger partial charge < -0.3 is 19.5 Å². The highest BCUT2D eigenvalue weighted by molar-refractivity contribution is 7.16. The van der Waals surface area contributed by atoms with E-state index in [1.54, 1.807) is 37.3 Å². The minimum atomic E-state index is -0.626. The van der Waals surface area contributed by atoms with Crippen LogP contribution in [0.2, 0.25) is 0 Å². The van der Waals surface area contributed by atoms with Gasteiger partial charge >= 0.3 is 11.9 Å². The highest BCUT2D eigenvalue weighted by Gasteiger charge is 2.19. The maximum atomic E-state index is 12.1. The molecule has 0 saturated carbocycles. The first-order valence-electron chi connectivity index (χ1n) is 8.39. The number of hydrogen-bond donors (Lipinski definition) is 1. The second-order valence-electron chi connectivity index (χ2n) is 5.38. The largest absolute Gasteiger partial charge is 0.497 e. The van der Waals surface area contributed by atoms with Crippen LogP contribution in [0.25, 0.3) is 0 Å². The predicted molar refractivity (Wildman–Crippen MR) is 102 cm³/mol. The zero-order valence-corrected chi connectivity index (χ0v) is 16.2. The fourth-order valence-electron chi connectivity index (χ4n) is 2.17. The Balaban J connectivity index is 1.97. The second-order valence-corrected chi connectivity index (χ2v) is 6.52. The van der Waals surface area contributed by atoms with E-state index in [9.17, 15) is 14.4 Å². The van der Waals surface area contributed by atoms with E-state index in [-0.39, 0.29) is 6.61 Å². The lowest BCUT2D eigenvalue weighted by Crippen LogP contribution is -2.21. The summed E-state index contributed by atoms with van der Waals surface area (Å²) in [6, 6.07) is 8.04. The van der Waals surface area contributed by atoms with E-state index < -0.39 is 24.5 Å². The number of nitrogens with one attached hydrogen (secondary N) is 1. The van der Waals surface area contributed by atoms with Gasteiger partial charge in [0.05, 0.1) is 24.8 Å². The van der Waals surface area contributed by atoms with Gasteiger partial charge in [-0.2, -0.15) is 0 Å². The molecule has 0 atom stereocenters. The van der Waals surface area contributed by atoms with Crippen LogP contribution in [0.15, 0.2) is 30.3 Å². The van der Waals surface area contributed by atoms with Crippen LogP contribution in [0.3, 0.4) is 0 Å². The summed E-state index contributed by atoms with van der Waals surface area (Å²) in [7, 11) is 1.52. The zero-order valence-electron chi connectivity index (χ0n) is 15.4. The Labute approximate surface area is 161 Å². The van der Waals surface area contributed by atoms with E-state index in [4.69, 9.17) is 14.2 Å².